The van der Waals surface area contributed by atoms with Crippen LogP contribution in [0.2, 0.25) is 0 Å². The molecule has 34 heavy (non-hydrogen) atoms. The lowest BCUT2D eigenvalue weighted by atomic mass is 9.58. The second kappa shape index (κ2) is 8.15. The number of carboxylic acid groups (broad SMARTS) is 1. The molecule has 0 amide bonds. The molecule has 1 N–H and O–H groups in total. The van der Waals surface area contributed by atoms with Gasteiger partial charge in [-0.3, -0.25) is 14.4 Å². The highest BCUT2D eigenvalue weighted by Crippen LogP contribution is 2.47. The first kappa shape index (κ1) is 21.2. The van der Waals surface area contributed by atoms with E-state index in [2.05, 4.69) is 14.5 Å². The Labute approximate surface area is 197 Å². The molecule has 3 saturated carbocycles. The number of aliphatic imine (C=N–C) groups is 1. The molecule has 1 spiro atoms. The van der Waals surface area contributed by atoms with Crippen molar-refractivity contribution in [2.75, 3.05) is 0 Å². The molecule has 174 valence electrons. The lowest BCUT2D eigenvalue weighted by Gasteiger charge is -2.44. The van der Waals surface area contributed by atoms with E-state index in [9.17, 15) is 14.7 Å². The van der Waals surface area contributed by atoms with Crippen LogP contribution in [0.25, 0.3) is 16.9 Å². The fourth-order valence-electron chi connectivity index (χ4n) is 5.62. The lowest BCUT2D eigenvalue weighted by molar-refractivity contribution is -0.138. The van der Waals surface area contributed by atoms with Gasteiger partial charge in [0.15, 0.2) is 11.7 Å². The maximum Gasteiger partial charge on any atom is 0.328 e. The number of nitrogens with zero attached hydrogens (tertiary/aromatic N) is 4. The summed E-state index contributed by atoms with van der Waals surface area (Å²) in [7, 11) is 0. The van der Waals surface area contributed by atoms with Gasteiger partial charge >= 0.3 is 5.97 Å². The molecule has 0 aliphatic heterocycles. The first-order valence-corrected chi connectivity index (χ1v) is 12.3. The largest absolute Gasteiger partial charge is 0.480 e. The van der Waals surface area contributed by atoms with Crippen LogP contribution in [0.15, 0.2) is 47.6 Å². The molecule has 0 unspecified atom stereocenters. The molecular weight excluding hydrogens is 428 g/mol. The van der Waals surface area contributed by atoms with Crippen LogP contribution in [-0.2, 0) is 16.0 Å². The number of aliphatic carboxylic acids is 1. The highest BCUT2D eigenvalue weighted by molar-refractivity contribution is 6.27. The van der Waals surface area contributed by atoms with Crippen molar-refractivity contribution < 1.29 is 14.7 Å². The molecule has 1 aromatic carbocycles. The van der Waals surface area contributed by atoms with E-state index in [0.29, 0.717) is 18.8 Å². The van der Waals surface area contributed by atoms with Crippen LogP contribution in [0.3, 0.4) is 0 Å². The zero-order chi connectivity index (χ0) is 23.3. The highest BCUT2D eigenvalue weighted by atomic mass is 16.4. The number of hydrogen-bond acceptors (Lipinski definition) is 5. The number of carbonyl (C=O) groups is 2. The number of aromatic nitrogens is 3. The third-order valence-electron chi connectivity index (χ3n) is 7.73. The number of hydrogen-bond donors (Lipinski definition) is 1. The van der Waals surface area contributed by atoms with E-state index in [4.69, 9.17) is 4.98 Å². The van der Waals surface area contributed by atoms with E-state index < -0.39 is 17.4 Å². The van der Waals surface area contributed by atoms with Gasteiger partial charge in [0, 0.05) is 36.4 Å². The van der Waals surface area contributed by atoms with E-state index in [-0.39, 0.29) is 5.78 Å². The maximum absolute atomic E-state index is 12.4. The van der Waals surface area contributed by atoms with Crippen LogP contribution in [0.4, 0.5) is 0 Å². The van der Waals surface area contributed by atoms with Crippen LogP contribution in [0, 0.1) is 5.41 Å². The van der Waals surface area contributed by atoms with Crippen molar-refractivity contribution in [3.63, 3.8) is 0 Å². The van der Waals surface area contributed by atoms with Gasteiger partial charge in [0.1, 0.15) is 17.1 Å². The summed E-state index contributed by atoms with van der Waals surface area (Å²) in [5.41, 5.74) is 3.97. The standard InChI is InChI=1S/C27H28N4O3/c32-23-16-22(27(23)12-2-1-3-13-27)29-21(26(33)34)15-17-6-10-19(11-7-17)31-24(18-8-9-18)30-20-5-4-14-28-25(20)31/h4-7,10-11,14,18,21H,1-3,8-9,12-13,15-16H2,(H,33,34)/t21-/m0/s1. The number of Topliss-reactive ketones (excluding diaryl/α,β-unsaturated/α-hetero) is 1. The number of pyridine rings is 1. The second-order valence-electron chi connectivity index (χ2n) is 9.97. The summed E-state index contributed by atoms with van der Waals surface area (Å²) in [6.07, 6.45) is 9.51. The molecule has 0 bridgehead atoms. The second-order valence-corrected chi connectivity index (χ2v) is 9.97. The number of fused-ring (bicyclic) bond motifs is 1. The zero-order valence-corrected chi connectivity index (χ0v) is 19.1. The van der Waals surface area contributed by atoms with E-state index in [0.717, 1.165) is 78.9 Å². The zero-order valence-electron chi connectivity index (χ0n) is 19.1. The highest BCUT2D eigenvalue weighted by Gasteiger charge is 2.52. The van der Waals surface area contributed by atoms with Gasteiger partial charge in [-0.2, -0.15) is 0 Å². The Hall–Kier alpha value is -3.35. The van der Waals surface area contributed by atoms with Crippen LogP contribution in [-0.4, -0.2) is 43.1 Å². The van der Waals surface area contributed by atoms with Crippen LogP contribution >= 0.6 is 0 Å². The van der Waals surface area contributed by atoms with Crippen molar-refractivity contribution in [2.24, 2.45) is 10.4 Å². The molecule has 3 aromatic rings. The minimum absolute atomic E-state index is 0.243. The van der Waals surface area contributed by atoms with Crippen molar-refractivity contribution in [3.8, 4) is 5.69 Å². The lowest BCUT2D eigenvalue weighted by Crippen LogP contribution is -2.52. The van der Waals surface area contributed by atoms with E-state index in [1.807, 2.05) is 36.4 Å². The summed E-state index contributed by atoms with van der Waals surface area (Å²) in [6, 6.07) is 11.0. The van der Waals surface area contributed by atoms with Crippen molar-refractivity contribution in [1.29, 1.82) is 0 Å². The average Bonchev–Trinajstić information content (AvgIpc) is 3.64. The van der Waals surface area contributed by atoms with Gasteiger partial charge in [0.05, 0.1) is 5.41 Å². The van der Waals surface area contributed by atoms with Gasteiger partial charge in [-0.15, -0.1) is 0 Å². The summed E-state index contributed by atoms with van der Waals surface area (Å²) >= 11 is 0. The molecule has 1 atom stereocenters. The number of imidazole rings is 1. The smallest absolute Gasteiger partial charge is 0.328 e. The van der Waals surface area contributed by atoms with Crippen LogP contribution in [0.5, 0.6) is 0 Å². The molecule has 3 aliphatic carbocycles. The van der Waals surface area contributed by atoms with E-state index >= 15 is 0 Å². The minimum atomic E-state index is -0.942. The summed E-state index contributed by atoms with van der Waals surface area (Å²) in [4.78, 5) is 38.5. The van der Waals surface area contributed by atoms with Gasteiger partial charge in [-0.1, -0.05) is 31.4 Å². The third-order valence-corrected chi connectivity index (χ3v) is 7.73. The van der Waals surface area contributed by atoms with Gasteiger partial charge in [-0.05, 0) is 55.5 Å². The Kier molecular flexibility index (Phi) is 5.08. The molecule has 2 heterocycles. The predicted molar refractivity (Wildman–Crippen MR) is 129 cm³/mol. The Morgan fingerprint density at radius 2 is 1.91 bits per heavy atom. The average molecular weight is 457 g/mol. The first-order chi connectivity index (χ1) is 16.5. The number of rotatable bonds is 6. The quantitative estimate of drug-likeness (QED) is 0.582. The number of carbonyl (C=O) groups excluding carboxylic acids is 1. The molecule has 3 fully saturated rings. The molecule has 6 rings (SSSR count). The van der Waals surface area contributed by atoms with Crippen molar-refractivity contribution in [1.82, 2.24) is 14.5 Å². The topological polar surface area (TPSA) is 97.4 Å². The van der Waals surface area contributed by atoms with Gasteiger partial charge < -0.3 is 5.11 Å². The summed E-state index contributed by atoms with van der Waals surface area (Å²) in [5, 5.41) is 9.87. The van der Waals surface area contributed by atoms with E-state index in [1.54, 1.807) is 6.20 Å². The summed E-state index contributed by atoms with van der Waals surface area (Å²) in [5.74, 6) is 0.817. The third kappa shape index (κ3) is 3.54. The van der Waals surface area contributed by atoms with Crippen molar-refractivity contribution in [3.05, 3.63) is 54.0 Å². The summed E-state index contributed by atoms with van der Waals surface area (Å²) in [6.45, 7) is 0. The Bertz CT molecular complexity index is 1300. The molecule has 3 aliphatic rings. The van der Waals surface area contributed by atoms with Gasteiger partial charge in [-0.25, -0.2) is 14.8 Å². The predicted octanol–water partition coefficient (Wildman–Crippen LogP) is 4.66. The molecular formula is C27H28N4O3. The molecule has 0 saturated heterocycles. The SMILES string of the molecule is O=C(O)[C@H](Cc1ccc(-n2c(C3CC3)nc3cccnc32)cc1)N=C1CC(=O)C12CCCCC2. The number of ketones is 1. The number of carboxylic acids is 1. The van der Waals surface area contributed by atoms with Crippen LogP contribution < -0.4 is 0 Å². The molecule has 7 heteroatoms. The fraction of sp³-hybridized carbons (Fsp3) is 0.444. The Morgan fingerprint density at radius 1 is 1.15 bits per heavy atom. The van der Waals surface area contributed by atoms with Crippen molar-refractivity contribution in [2.45, 2.75) is 69.7 Å². The molecule has 0 radical (unpaired) electrons. The van der Waals surface area contributed by atoms with Crippen LogP contribution in [0.1, 0.15) is 68.7 Å². The fourth-order valence-corrected chi connectivity index (χ4v) is 5.62. The summed E-state index contributed by atoms with van der Waals surface area (Å²) < 4.78 is 2.12. The Morgan fingerprint density at radius 3 is 2.59 bits per heavy atom. The van der Waals surface area contributed by atoms with E-state index in [1.165, 1.54) is 0 Å². The normalized spacial score (nSPS) is 21.6. The van der Waals surface area contributed by atoms with Crippen molar-refractivity contribution >= 4 is 28.6 Å². The molecule has 7 nitrogen and oxygen atoms in total. The first-order valence-electron chi connectivity index (χ1n) is 12.3. The van der Waals surface area contributed by atoms with Gasteiger partial charge in [0.2, 0.25) is 0 Å². The Balaban J connectivity index is 1.26. The maximum atomic E-state index is 12.4. The van der Waals surface area contributed by atoms with Gasteiger partial charge in [0.25, 0.3) is 0 Å². The molecule has 2 aromatic heterocycles. The monoisotopic (exact) mass is 456 g/mol. The minimum Gasteiger partial charge on any atom is -0.480 e. The number of benzene rings is 1.